The van der Waals surface area contributed by atoms with Crippen LogP contribution in [0.2, 0.25) is 5.02 Å². The van der Waals surface area contributed by atoms with Crippen molar-refractivity contribution in [2.45, 2.75) is 32.2 Å². The van der Waals surface area contributed by atoms with E-state index in [0.717, 1.165) is 0 Å². The van der Waals surface area contributed by atoms with Crippen molar-refractivity contribution in [2.75, 3.05) is 7.11 Å². The molecule has 1 rings (SSSR count). The smallest absolute Gasteiger partial charge is 0.329 e. The minimum Gasteiger partial charge on any atom is -0.495 e. The van der Waals surface area contributed by atoms with Crippen LogP contribution in [0.25, 0.3) is 0 Å². The molecule has 20 heavy (non-hydrogen) atoms. The highest BCUT2D eigenvalue weighted by atomic mass is 35.5. The maximum Gasteiger partial charge on any atom is 0.329 e. The summed E-state index contributed by atoms with van der Waals surface area (Å²) in [6.07, 6.45) is 0.992. The minimum atomic E-state index is -1.29. The van der Waals surface area contributed by atoms with E-state index < -0.39 is 17.4 Å². The van der Waals surface area contributed by atoms with Crippen LogP contribution in [-0.2, 0) is 4.79 Å². The van der Waals surface area contributed by atoms with Crippen molar-refractivity contribution in [3.05, 3.63) is 28.8 Å². The highest BCUT2D eigenvalue weighted by Crippen LogP contribution is 2.25. The number of nitrogens with one attached hydrogen (secondary N) is 1. The Balaban J connectivity index is 2.98. The molecule has 1 unspecified atom stereocenters. The highest BCUT2D eigenvalue weighted by Gasteiger charge is 2.34. The number of halogens is 1. The maximum absolute atomic E-state index is 12.1. The SMILES string of the molecule is CCCC(C)(NC(=O)c1ccc(Cl)c(OC)c1)C(=O)O. The Morgan fingerprint density at radius 3 is 2.60 bits per heavy atom. The number of rotatable bonds is 6. The molecule has 0 radical (unpaired) electrons. The first-order valence-electron chi connectivity index (χ1n) is 6.23. The Morgan fingerprint density at radius 2 is 2.10 bits per heavy atom. The van der Waals surface area contributed by atoms with Gasteiger partial charge < -0.3 is 15.2 Å². The molecule has 6 heteroatoms. The van der Waals surface area contributed by atoms with E-state index in [-0.39, 0.29) is 0 Å². The van der Waals surface area contributed by atoms with Crippen LogP contribution in [0.1, 0.15) is 37.0 Å². The van der Waals surface area contributed by atoms with Gasteiger partial charge in [-0.15, -0.1) is 0 Å². The molecule has 0 aliphatic carbocycles. The predicted molar refractivity (Wildman–Crippen MR) is 76.4 cm³/mol. The van der Waals surface area contributed by atoms with E-state index in [1.54, 1.807) is 0 Å². The van der Waals surface area contributed by atoms with Crippen molar-refractivity contribution in [2.24, 2.45) is 0 Å². The van der Waals surface area contributed by atoms with Crippen LogP contribution in [0.5, 0.6) is 5.75 Å². The number of hydrogen-bond acceptors (Lipinski definition) is 3. The van der Waals surface area contributed by atoms with E-state index in [4.69, 9.17) is 16.3 Å². The molecule has 110 valence electrons. The van der Waals surface area contributed by atoms with Gasteiger partial charge in [-0.2, -0.15) is 0 Å². The van der Waals surface area contributed by atoms with Gasteiger partial charge in [0.2, 0.25) is 0 Å². The second kappa shape index (κ2) is 6.61. The number of hydrogen-bond donors (Lipinski definition) is 2. The molecule has 0 heterocycles. The first-order valence-corrected chi connectivity index (χ1v) is 6.61. The largest absolute Gasteiger partial charge is 0.495 e. The molecule has 0 saturated carbocycles. The molecule has 0 bridgehead atoms. The molecular weight excluding hydrogens is 282 g/mol. The van der Waals surface area contributed by atoms with Crippen molar-refractivity contribution in [3.63, 3.8) is 0 Å². The Hall–Kier alpha value is -1.75. The number of carbonyl (C=O) groups excluding carboxylic acids is 1. The molecule has 0 spiro atoms. The molecular formula is C14H18ClNO4. The summed E-state index contributed by atoms with van der Waals surface area (Å²) >= 11 is 5.88. The first-order chi connectivity index (χ1) is 9.34. The Labute approximate surface area is 122 Å². The average molecular weight is 300 g/mol. The van der Waals surface area contributed by atoms with Gasteiger partial charge in [0.15, 0.2) is 0 Å². The quantitative estimate of drug-likeness (QED) is 0.847. The number of aliphatic carboxylic acids is 1. The van der Waals surface area contributed by atoms with Gasteiger partial charge in [-0.05, 0) is 31.5 Å². The van der Waals surface area contributed by atoms with Gasteiger partial charge in [-0.25, -0.2) is 4.79 Å². The number of carbonyl (C=O) groups is 2. The molecule has 1 atom stereocenters. The third kappa shape index (κ3) is 3.63. The molecule has 0 saturated heterocycles. The van der Waals surface area contributed by atoms with Crippen molar-refractivity contribution < 1.29 is 19.4 Å². The zero-order valence-electron chi connectivity index (χ0n) is 11.7. The summed E-state index contributed by atoms with van der Waals surface area (Å²) in [4.78, 5) is 23.4. The van der Waals surface area contributed by atoms with Crippen LogP contribution in [0.15, 0.2) is 18.2 Å². The lowest BCUT2D eigenvalue weighted by atomic mass is 9.95. The summed E-state index contributed by atoms with van der Waals surface area (Å²) in [5.74, 6) is -1.17. The van der Waals surface area contributed by atoms with E-state index in [2.05, 4.69) is 5.32 Å². The number of amides is 1. The predicted octanol–water partition coefficient (Wildman–Crippen LogP) is 2.72. The Kier molecular flexibility index (Phi) is 5.39. The summed E-state index contributed by atoms with van der Waals surface area (Å²) in [6, 6.07) is 4.54. The molecule has 0 aliphatic heterocycles. The van der Waals surface area contributed by atoms with Crippen molar-refractivity contribution in [1.82, 2.24) is 5.32 Å². The maximum atomic E-state index is 12.1. The second-order valence-corrected chi connectivity index (χ2v) is 5.10. The summed E-state index contributed by atoms with van der Waals surface area (Å²) in [6.45, 7) is 3.35. The van der Waals surface area contributed by atoms with Gasteiger partial charge in [-0.3, -0.25) is 4.79 Å². The number of carboxylic acids is 1. The first kappa shape index (κ1) is 16.3. The normalized spacial score (nSPS) is 13.4. The van der Waals surface area contributed by atoms with Gasteiger partial charge in [0, 0.05) is 5.56 Å². The molecule has 0 aliphatic rings. The van der Waals surface area contributed by atoms with Gasteiger partial charge in [0.05, 0.1) is 12.1 Å². The van der Waals surface area contributed by atoms with Crippen LogP contribution in [0.3, 0.4) is 0 Å². The zero-order valence-corrected chi connectivity index (χ0v) is 12.5. The lowest BCUT2D eigenvalue weighted by Gasteiger charge is -2.25. The number of carboxylic acid groups (broad SMARTS) is 1. The lowest BCUT2D eigenvalue weighted by molar-refractivity contribution is -0.144. The van der Waals surface area contributed by atoms with Crippen LogP contribution in [0.4, 0.5) is 0 Å². The summed E-state index contributed by atoms with van der Waals surface area (Å²) in [7, 11) is 1.45. The Bertz CT molecular complexity index is 518. The molecule has 0 aromatic heterocycles. The number of methoxy groups -OCH3 is 1. The average Bonchev–Trinajstić information content (AvgIpc) is 2.39. The minimum absolute atomic E-state index is 0.301. The molecule has 1 amide bonds. The van der Waals surface area contributed by atoms with Gasteiger partial charge >= 0.3 is 5.97 Å². The lowest BCUT2D eigenvalue weighted by Crippen LogP contribution is -2.52. The van der Waals surface area contributed by atoms with Gasteiger partial charge in [0.1, 0.15) is 11.3 Å². The summed E-state index contributed by atoms with van der Waals surface area (Å²) in [5.41, 5.74) is -0.992. The third-order valence-corrected chi connectivity index (χ3v) is 3.34. The van der Waals surface area contributed by atoms with E-state index in [0.29, 0.717) is 29.2 Å². The molecule has 0 fully saturated rings. The van der Waals surface area contributed by atoms with Crippen LogP contribution < -0.4 is 10.1 Å². The van der Waals surface area contributed by atoms with Crippen LogP contribution in [0, 0.1) is 0 Å². The summed E-state index contributed by atoms with van der Waals surface area (Å²) < 4.78 is 5.03. The monoisotopic (exact) mass is 299 g/mol. The van der Waals surface area contributed by atoms with Crippen LogP contribution >= 0.6 is 11.6 Å². The Morgan fingerprint density at radius 1 is 1.45 bits per heavy atom. The number of benzene rings is 1. The fourth-order valence-electron chi connectivity index (χ4n) is 1.85. The molecule has 5 nitrogen and oxygen atoms in total. The van der Waals surface area contributed by atoms with Gasteiger partial charge in [0.25, 0.3) is 5.91 Å². The van der Waals surface area contributed by atoms with Crippen molar-refractivity contribution in [1.29, 1.82) is 0 Å². The van der Waals surface area contributed by atoms with E-state index in [1.807, 2.05) is 6.92 Å². The molecule has 1 aromatic rings. The number of ether oxygens (including phenoxy) is 1. The van der Waals surface area contributed by atoms with Crippen LogP contribution in [-0.4, -0.2) is 29.6 Å². The zero-order chi connectivity index (χ0) is 15.3. The fraction of sp³-hybridized carbons (Fsp3) is 0.429. The second-order valence-electron chi connectivity index (χ2n) is 4.69. The summed E-state index contributed by atoms with van der Waals surface area (Å²) in [5, 5.41) is 12.2. The van der Waals surface area contributed by atoms with Crippen molar-refractivity contribution >= 4 is 23.5 Å². The molecule has 2 N–H and O–H groups in total. The highest BCUT2D eigenvalue weighted by molar-refractivity contribution is 6.32. The van der Waals surface area contributed by atoms with E-state index in [1.165, 1.54) is 32.2 Å². The van der Waals surface area contributed by atoms with Gasteiger partial charge in [-0.1, -0.05) is 24.9 Å². The fourth-order valence-corrected chi connectivity index (χ4v) is 2.04. The van der Waals surface area contributed by atoms with Crippen molar-refractivity contribution in [3.8, 4) is 5.75 Å². The van der Waals surface area contributed by atoms with E-state index >= 15 is 0 Å². The van der Waals surface area contributed by atoms with E-state index in [9.17, 15) is 14.7 Å². The topological polar surface area (TPSA) is 75.6 Å². The standard InChI is InChI=1S/C14H18ClNO4/c1-4-7-14(2,13(18)19)16-12(17)9-5-6-10(15)11(8-9)20-3/h5-6,8H,4,7H2,1-3H3,(H,16,17)(H,18,19). The molecule has 1 aromatic carbocycles. The third-order valence-electron chi connectivity index (χ3n) is 3.02.